The van der Waals surface area contributed by atoms with Gasteiger partial charge >= 0.3 is 0 Å². The van der Waals surface area contributed by atoms with Crippen LogP contribution in [-0.2, 0) is 0 Å². The minimum atomic E-state index is 0.637. The Bertz CT molecular complexity index is 3230. The van der Waals surface area contributed by atoms with E-state index < -0.39 is 0 Å². The van der Waals surface area contributed by atoms with Crippen molar-refractivity contribution >= 4 is 28.0 Å². The summed E-state index contributed by atoms with van der Waals surface area (Å²) in [5, 5.41) is 0. The summed E-state index contributed by atoms with van der Waals surface area (Å²) >= 11 is 0. The van der Waals surface area contributed by atoms with E-state index in [2.05, 4.69) is 254 Å². The zero-order valence-electron chi connectivity index (χ0n) is 36.4. The van der Waals surface area contributed by atoms with Crippen molar-refractivity contribution in [1.82, 2.24) is 0 Å². The van der Waals surface area contributed by atoms with Crippen LogP contribution in [0.15, 0.2) is 273 Å². The first-order valence-electron chi connectivity index (χ1n) is 22.4. The number of rotatable bonds is 11. The molecule has 0 aliphatic carbocycles. The summed E-state index contributed by atoms with van der Waals surface area (Å²) in [5.41, 5.74) is 21.3. The predicted octanol–water partition coefficient (Wildman–Crippen LogP) is 17.3. The first-order valence-corrected chi connectivity index (χ1v) is 22.4. The van der Waals surface area contributed by atoms with Crippen molar-refractivity contribution in [3.05, 3.63) is 329 Å². The second kappa shape index (κ2) is 19.3. The molecule has 10 rings (SSSR count). The quantitative estimate of drug-likeness (QED) is 0.0903. The molecule has 1 heteroatoms. The zero-order valence-corrected chi connectivity index (χ0v) is 36.4. The molecule has 310 valence electrons. The smallest absolute Gasteiger partial charge is 0.187 e. The second-order valence-electron chi connectivity index (χ2n) is 16.3. The van der Waals surface area contributed by atoms with Gasteiger partial charge < -0.3 is 0 Å². The van der Waals surface area contributed by atoms with Crippen LogP contribution in [0.2, 0.25) is 0 Å². The van der Waals surface area contributed by atoms with Gasteiger partial charge in [-0.3, -0.25) is 0 Å². The SMILES string of the molecule is [C-]#[N+]c1ccc(-c2ccc(-c3cc(C(=C(c4ccccc4)c4ccccc4)c4ccccc4)ccc3-c3ccc(C(=C(c4ccccc4)c4ccccc4)c4ccccc4)cc3)cc2)cc1. The summed E-state index contributed by atoms with van der Waals surface area (Å²) in [5.74, 6) is 0. The van der Waals surface area contributed by atoms with Gasteiger partial charge in [0.1, 0.15) is 0 Å². The van der Waals surface area contributed by atoms with Crippen molar-refractivity contribution in [2.45, 2.75) is 0 Å². The van der Waals surface area contributed by atoms with Crippen LogP contribution in [0, 0.1) is 6.57 Å². The molecule has 0 saturated carbocycles. The molecule has 0 radical (unpaired) electrons. The molecule has 0 saturated heterocycles. The van der Waals surface area contributed by atoms with Crippen LogP contribution in [0.4, 0.5) is 5.69 Å². The summed E-state index contributed by atoms with van der Waals surface area (Å²) < 4.78 is 0. The molecule has 0 aliphatic heterocycles. The van der Waals surface area contributed by atoms with Crippen molar-refractivity contribution < 1.29 is 0 Å². The first-order chi connectivity index (χ1) is 32.7. The lowest BCUT2D eigenvalue weighted by molar-refractivity contribution is 1.48. The standard InChI is InChI=1S/C65H45N/c1-66-59-43-40-48(41-44-59)47-32-34-50(35-33-47)61-46-58(65(56-30-18-7-19-31-56)63(53-24-12-4-13-25-53)54-26-14-5-15-27-54)42-45-60(61)49-36-38-57(39-37-49)64(55-28-16-6-17-29-55)62(51-20-8-2-9-21-51)52-22-10-3-11-23-52/h2-46H. The minimum Gasteiger partial charge on any atom is -0.238 e. The second-order valence-corrected chi connectivity index (χ2v) is 16.3. The van der Waals surface area contributed by atoms with Crippen LogP contribution < -0.4 is 0 Å². The highest BCUT2D eigenvalue weighted by atomic mass is 14.6. The van der Waals surface area contributed by atoms with Crippen molar-refractivity contribution in [2.75, 3.05) is 0 Å². The molecule has 10 aromatic carbocycles. The van der Waals surface area contributed by atoms with Crippen LogP contribution in [0.1, 0.15) is 44.5 Å². The summed E-state index contributed by atoms with van der Waals surface area (Å²) in [7, 11) is 0. The molecular formula is C65H45N. The number of hydrogen-bond donors (Lipinski definition) is 0. The molecular weight excluding hydrogens is 795 g/mol. The molecule has 0 aromatic heterocycles. The molecule has 0 heterocycles. The van der Waals surface area contributed by atoms with Crippen LogP contribution >= 0.6 is 0 Å². The maximum atomic E-state index is 7.44. The van der Waals surface area contributed by atoms with E-state index in [9.17, 15) is 0 Å². The van der Waals surface area contributed by atoms with Gasteiger partial charge in [0, 0.05) is 0 Å². The van der Waals surface area contributed by atoms with Crippen LogP contribution in [0.5, 0.6) is 0 Å². The Kier molecular flexibility index (Phi) is 12.0. The Balaban J connectivity index is 1.18. The third-order valence-corrected chi connectivity index (χ3v) is 12.2. The van der Waals surface area contributed by atoms with Crippen molar-refractivity contribution in [3.63, 3.8) is 0 Å². The van der Waals surface area contributed by atoms with Crippen LogP contribution in [-0.4, -0.2) is 0 Å². The highest BCUT2D eigenvalue weighted by Crippen LogP contribution is 2.43. The van der Waals surface area contributed by atoms with Gasteiger partial charge in [0.05, 0.1) is 6.57 Å². The Labute approximate surface area is 388 Å². The molecule has 0 spiro atoms. The third kappa shape index (κ3) is 8.73. The monoisotopic (exact) mass is 839 g/mol. The Hall–Kier alpha value is -8.83. The third-order valence-electron chi connectivity index (χ3n) is 12.2. The Morgan fingerprint density at radius 3 is 0.833 bits per heavy atom. The lowest BCUT2D eigenvalue weighted by atomic mass is 9.83. The number of benzene rings is 10. The van der Waals surface area contributed by atoms with E-state index in [1.54, 1.807) is 0 Å². The molecule has 0 unspecified atom stereocenters. The van der Waals surface area contributed by atoms with Crippen molar-refractivity contribution in [1.29, 1.82) is 0 Å². The first kappa shape index (κ1) is 41.2. The predicted molar refractivity (Wildman–Crippen MR) is 278 cm³/mol. The summed E-state index contributed by atoms with van der Waals surface area (Å²) in [4.78, 5) is 3.60. The molecule has 0 aliphatic rings. The van der Waals surface area contributed by atoms with E-state index in [-0.39, 0.29) is 0 Å². The molecule has 0 N–H and O–H groups in total. The van der Waals surface area contributed by atoms with E-state index >= 15 is 0 Å². The van der Waals surface area contributed by atoms with Gasteiger partial charge in [-0.05, 0) is 106 Å². The summed E-state index contributed by atoms with van der Waals surface area (Å²) in [6, 6.07) is 97.3. The fraction of sp³-hybridized carbons (Fsp3) is 0. The van der Waals surface area contributed by atoms with Gasteiger partial charge in [-0.15, -0.1) is 0 Å². The highest BCUT2D eigenvalue weighted by Gasteiger charge is 2.20. The molecule has 1 nitrogen and oxygen atoms in total. The van der Waals surface area contributed by atoms with Gasteiger partial charge in [-0.2, -0.15) is 0 Å². The average molecular weight is 840 g/mol. The Morgan fingerprint density at radius 1 is 0.227 bits per heavy atom. The largest absolute Gasteiger partial charge is 0.238 e. The van der Waals surface area contributed by atoms with Crippen LogP contribution in [0.25, 0.3) is 60.5 Å². The zero-order chi connectivity index (χ0) is 44.5. The maximum Gasteiger partial charge on any atom is 0.187 e. The normalized spacial score (nSPS) is 10.7. The lowest BCUT2D eigenvalue weighted by Crippen LogP contribution is -1.99. The molecule has 10 aromatic rings. The number of nitrogens with zero attached hydrogens (tertiary/aromatic N) is 1. The van der Waals surface area contributed by atoms with E-state index in [1.165, 1.54) is 33.4 Å². The fourth-order valence-electron chi connectivity index (χ4n) is 9.03. The van der Waals surface area contributed by atoms with E-state index in [0.29, 0.717) is 5.69 Å². The van der Waals surface area contributed by atoms with E-state index in [0.717, 1.165) is 66.8 Å². The van der Waals surface area contributed by atoms with Gasteiger partial charge in [0.2, 0.25) is 0 Å². The number of hydrogen-bond acceptors (Lipinski definition) is 0. The molecule has 0 fully saturated rings. The lowest BCUT2D eigenvalue weighted by Gasteiger charge is -2.21. The van der Waals surface area contributed by atoms with Crippen molar-refractivity contribution in [2.24, 2.45) is 0 Å². The van der Waals surface area contributed by atoms with E-state index in [4.69, 9.17) is 6.57 Å². The molecule has 0 atom stereocenters. The minimum absolute atomic E-state index is 0.637. The van der Waals surface area contributed by atoms with Gasteiger partial charge in [0.15, 0.2) is 5.69 Å². The summed E-state index contributed by atoms with van der Waals surface area (Å²) in [6.45, 7) is 7.44. The Morgan fingerprint density at radius 2 is 0.485 bits per heavy atom. The average Bonchev–Trinajstić information content (AvgIpc) is 3.41. The van der Waals surface area contributed by atoms with Gasteiger partial charge in [-0.25, -0.2) is 4.85 Å². The van der Waals surface area contributed by atoms with Crippen LogP contribution in [0.3, 0.4) is 0 Å². The summed E-state index contributed by atoms with van der Waals surface area (Å²) in [6.07, 6.45) is 0. The molecule has 66 heavy (non-hydrogen) atoms. The highest BCUT2D eigenvalue weighted by molar-refractivity contribution is 6.06. The maximum absolute atomic E-state index is 7.44. The fourth-order valence-corrected chi connectivity index (χ4v) is 9.03. The molecule has 0 bridgehead atoms. The molecule has 0 amide bonds. The van der Waals surface area contributed by atoms with Gasteiger partial charge in [0.25, 0.3) is 0 Å². The van der Waals surface area contributed by atoms with E-state index in [1.807, 2.05) is 24.3 Å². The topological polar surface area (TPSA) is 4.36 Å². The van der Waals surface area contributed by atoms with Crippen molar-refractivity contribution in [3.8, 4) is 33.4 Å². The van der Waals surface area contributed by atoms with Gasteiger partial charge in [-0.1, -0.05) is 267 Å².